The van der Waals surface area contributed by atoms with Crippen LogP contribution in [0.25, 0.3) is 0 Å². The molecule has 2 aliphatic rings. The van der Waals surface area contributed by atoms with Crippen LogP contribution in [-0.2, 0) is 14.4 Å². The van der Waals surface area contributed by atoms with E-state index in [1.165, 1.54) is 0 Å². The Labute approximate surface area is 131 Å². The third-order valence-corrected chi connectivity index (χ3v) is 4.39. The Bertz CT molecular complexity index is 501. The SMILES string of the molecule is O=C(O)CC1(NC(=O)C2CC(=O)N(CC(F)(F)F)C2)CCCC1. The first kappa shape index (κ1) is 17.6. The molecule has 2 amide bonds. The van der Waals surface area contributed by atoms with Crippen molar-refractivity contribution in [2.75, 3.05) is 13.1 Å². The third kappa shape index (κ3) is 4.59. The van der Waals surface area contributed by atoms with Gasteiger partial charge in [0.1, 0.15) is 6.54 Å². The molecule has 6 nitrogen and oxygen atoms in total. The second kappa shape index (κ2) is 6.37. The maximum absolute atomic E-state index is 12.4. The average Bonchev–Trinajstić information content (AvgIpc) is 2.95. The molecule has 1 heterocycles. The first-order chi connectivity index (χ1) is 10.6. The topological polar surface area (TPSA) is 86.7 Å². The molecule has 9 heteroatoms. The molecular weight excluding hydrogens is 317 g/mol. The van der Waals surface area contributed by atoms with Crippen molar-refractivity contribution < 1.29 is 32.7 Å². The molecule has 2 N–H and O–H groups in total. The largest absolute Gasteiger partial charge is 0.481 e. The normalized spacial score (nSPS) is 24.0. The Morgan fingerprint density at radius 1 is 1.30 bits per heavy atom. The fourth-order valence-electron chi connectivity index (χ4n) is 3.37. The molecule has 1 aliphatic heterocycles. The second-order valence-electron chi connectivity index (χ2n) is 6.34. The smallest absolute Gasteiger partial charge is 0.406 e. The molecule has 1 unspecified atom stereocenters. The van der Waals surface area contributed by atoms with Gasteiger partial charge in [-0.05, 0) is 12.8 Å². The van der Waals surface area contributed by atoms with Gasteiger partial charge in [-0.1, -0.05) is 12.8 Å². The van der Waals surface area contributed by atoms with Gasteiger partial charge in [0.15, 0.2) is 0 Å². The second-order valence-corrected chi connectivity index (χ2v) is 6.34. The fourth-order valence-corrected chi connectivity index (χ4v) is 3.37. The summed E-state index contributed by atoms with van der Waals surface area (Å²) in [6, 6.07) is 0. The van der Waals surface area contributed by atoms with E-state index in [2.05, 4.69) is 5.32 Å². The van der Waals surface area contributed by atoms with Crippen LogP contribution >= 0.6 is 0 Å². The Hall–Kier alpha value is -1.80. The van der Waals surface area contributed by atoms with Crippen molar-refractivity contribution in [2.24, 2.45) is 5.92 Å². The van der Waals surface area contributed by atoms with Crippen molar-refractivity contribution in [2.45, 2.75) is 50.2 Å². The molecule has 130 valence electrons. The number of rotatable bonds is 5. The van der Waals surface area contributed by atoms with Crippen molar-refractivity contribution in [1.29, 1.82) is 0 Å². The average molecular weight is 336 g/mol. The monoisotopic (exact) mass is 336 g/mol. The maximum Gasteiger partial charge on any atom is 0.406 e. The first-order valence-electron chi connectivity index (χ1n) is 7.49. The predicted octanol–water partition coefficient (Wildman–Crippen LogP) is 1.30. The summed E-state index contributed by atoms with van der Waals surface area (Å²) in [7, 11) is 0. The Morgan fingerprint density at radius 3 is 2.43 bits per heavy atom. The highest BCUT2D eigenvalue weighted by atomic mass is 19.4. The Balaban J connectivity index is 1.98. The number of likely N-dealkylation sites (tertiary alicyclic amines) is 1. The van der Waals surface area contributed by atoms with Gasteiger partial charge in [0, 0.05) is 13.0 Å². The molecule has 1 atom stereocenters. The van der Waals surface area contributed by atoms with E-state index in [9.17, 15) is 27.6 Å². The van der Waals surface area contributed by atoms with E-state index >= 15 is 0 Å². The molecule has 23 heavy (non-hydrogen) atoms. The van der Waals surface area contributed by atoms with Crippen LogP contribution in [0.2, 0.25) is 0 Å². The lowest BCUT2D eigenvalue weighted by Gasteiger charge is -2.30. The van der Waals surface area contributed by atoms with Crippen molar-refractivity contribution in [3.63, 3.8) is 0 Å². The summed E-state index contributed by atoms with van der Waals surface area (Å²) in [5, 5.41) is 11.7. The zero-order valence-corrected chi connectivity index (χ0v) is 12.5. The number of hydrogen-bond donors (Lipinski definition) is 2. The lowest BCUT2D eigenvalue weighted by atomic mass is 9.92. The number of halogens is 3. The molecule has 0 radical (unpaired) electrons. The molecule has 2 rings (SSSR count). The van der Waals surface area contributed by atoms with Gasteiger partial charge in [-0.25, -0.2) is 0 Å². The van der Waals surface area contributed by atoms with E-state index in [0.29, 0.717) is 17.7 Å². The first-order valence-corrected chi connectivity index (χ1v) is 7.49. The van der Waals surface area contributed by atoms with Crippen LogP contribution < -0.4 is 5.32 Å². The third-order valence-electron chi connectivity index (χ3n) is 4.39. The minimum atomic E-state index is -4.50. The van der Waals surface area contributed by atoms with E-state index in [1.54, 1.807) is 0 Å². The number of carbonyl (C=O) groups is 3. The zero-order valence-electron chi connectivity index (χ0n) is 12.5. The van der Waals surface area contributed by atoms with Crippen LogP contribution in [0, 0.1) is 5.92 Å². The molecule has 0 aromatic heterocycles. The molecule has 1 saturated carbocycles. The number of alkyl halides is 3. The molecule has 0 aromatic carbocycles. The highest BCUT2D eigenvalue weighted by molar-refractivity contribution is 5.89. The van der Waals surface area contributed by atoms with E-state index in [1.807, 2.05) is 0 Å². The van der Waals surface area contributed by atoms with Gasteiger partial charge in [0.05, 0.1) is 17.9 Å². The van der Waals surface area contributed by atoms with Gasteiger partial charge in [0.25, 0.3) is 0 Å². The minimum absolute atomic E-state index is 0.217. The molecule has 1 saturated heterocycles. The van der Waals surface area contributed by atoms with Crippen molar-refractivity contribution in [3.8, 4) is 0 Å². The van der Waals surface area contributed by atoms with E-state index in [4.69, 9.17) is 5.11 Å². The van der Waals surface area contributed by atoms with Gasteiger partial charge in [-0.2, -0.15) is 13.2 Å². The zero-order chi connectivity index (χ0) is 17.3. The maximum atomic E-state index is 12.4. The lowest BCUT2D eigenvalue weighted by molar-refractivity contribution is -0.157. The van der Waals surface area contributed by atoms with Gasteiger partial charge < -0.3 is 15.3 Å². The minimum Gasteiger partial charge on any atom is -0.481 e. The van der Waals surface area contributed by atoms with E-state index in [-0.39, 0.29) is 19.4 Å². The lowest BCUT2D eigenvalue weighted by Crippen LogP contribution is -2.50. The molecular formula is C14H19F3N2O4. The van der Waals surface area contributed by atoms with Crippen molar-refractivity contribution in [1.82, 2.24) is 10.2 Å². The number of amides is 2. The summed E-state index contributed by atoms with van der Waals surface area (Å²) in [5.41, 5.74) is -0.844. The van der Waals surface area contributed by atoms with Crippen molar-refractivity contribution >= 4 is 17.8 Å². The van der Waals surface area contributed by atoms with Crippen LogP contribution in [-0.4, -0.2) is 52.6 Å². The van der Waals surface area contributed by atoms with Crippen LogP contribution in [0.15, 0.2) is 0 Å². The van der Waals surface area contributed by atoms with E-state index in [0.717, 1.165) is 12.8 Å². The Kier molecular flexibility index (Phi) is 4.86. The molecule has 0 aromatic rings. The number of nitrogens with zero attached hydrogens (tertiary/aromatic N) is 1. The fraction of sp³-hybridized carbons (Fsp3) is 0.786. The summed E-state index contributed by atoms with van der Waals surface area (Å²) >= 11 is 0. The van der Waals surface area contributed by atoms with Crippen molar-refractivity contribution in [3.05, 3.63) is 0 Å². The number of carboxylic acids is 1. The number of aliphatic carboxylic acids is 1. The van der Waals surface area contributed by atoms with Crippen LogP contribution in [0.5, 0.6) is 0 Å². The molecule has 0 spiro atoms. The standard InChI is InChI=1S/C14H19F3N2O4/c15-14(16,17)8-19-7-9(5-10(19)20)12(23)18-13(6-11(21)22)3-1-2-4-13/h9H,1-8H2,(H,18,23)(H,21,22). The molecule has 0 bridgehead atoms. The summed E-state index contributed by atoms with van der Waals surface area (Å²) in [4.78, 5) is 35.5. The molecule has 1 aliphatic carbocycles. The van der Waals surface area contributed by atoms with E-state index < -0.39 is 42.0 Å². The summed E-state index contributed by atoms with van der Waals surface area (Å²) in [6.45, 7) is -1.65. The van der Waals surface area contributed by atoms with Gasteiger partial charge in [-0.3, -0.25) is 14.4 Å². The van der Waals surface area contributed by atoms with Gasteiger partial charge in [-0.15, -0.1) is 0 Å². The van der Waals surface area contributed by atoms with Gasteiger partial charge in [0.2, 0.25) is 11.8 Å². The van der Waals surface area contributed by atoms with Crippen LogP contribution in [0.4, 0.5) is 13.2 Å². The summed E-state index contributed by atoms with van der Waals surface area (Å²) < 4.78 is 37.1. The summed E-state index contributed by atoms with van der Waals surface area (Å²) in [6.07, 6.45) is -2.36. The highest BCUT2D eigenvalue weighted by Crippen LogP contribution is 2.33. The predicted molar refractivity (Wildman–Crippen MR) is 72.3 cm³/mol. The number of nitrogens with one attached hydrogen (secondary N) is 1. The van der Waals surface area contributed by atoms with Crippen LogP contribution in [0.1, 0.15) is 38.5 Å². The number of carbonyl (C=O) groups excluding carboxylic acids is 2. The number of hydrogen-bond acceptors (Lipinski definition) is 3. The van der Waals surface area contributed by atoms with Crippen LogP contribution in [0.3, 0.4) is 0 Å². The molecule has 2 fully saturated rings. The highest BCUT2D eigenvalue weighted by Gasteiger charge is 2.43. The Morgan fingerprint density at radius 2 is 1.91 bits per heavy atom. The summed E-state index contributed by atoms with van der Waals surface area (Å²) in [5.74, 6) is -3.14. The quantitative estimate of drug-likeness (QED) is 0.792. The number of carboxylic acid groups (broad SMARTS) is 1. The van der Waals surface area contributed by atoms with Gasteiger partial charge >= 0.3 is 12.1 Å².